The van der Waals surface area contributed by atoms with Crippen LogP contribution in [0.3, 0.4) is 0 Å². The van der Waals surface area contributed by atoms with Crippen molar-refractivity contribution in [1.82, 2.24) is 14.8 Å². The SMILES string of the molecule is Cc1c(OCCCN2CCOCC2)cccc1-c1cccc(-c2nc3cc(CN(C)CC(=O)O)c(N(C)C)cc3o2)c1C. The van der Waals surface area contributed by atoms with Crippen LogP contribution in [-0.4, -0.2) is 93.0 Å². The Morgan fingerprint density at radius 3 is 2.42 bits per heavy atom. The monoisotopic (exact) mass is 586 g/mol. The van der Waals surface area contributed by atoms with Gasteiger partial charge in [-0.3, -0.25) is 14.6 Å². The van der Waals surface area contributed by atoms with Crippen molar-refractivity contribution in [2.45, 2.75) is 26.8 Å². The van der Waals surface area contributed by atoms with E-state index in [9.17, 15) is 9.90 Å². The first kappa shape index (κ1) is 30.5. The van der Waals surface area contributed by atoms with E-state index in [1.165, 1.54) is 0 Å². The molecular weight excluding hydrogens is 544 g/mol. The maximum Gasteiger partial charge on any atom is 0.317 e. The Hall–Kier alpha value is -3.92. The van der Waals surface area contributed by atoms with Crippen molar-refractivity contribution in [3.8, 4) is 28.3 Å². The topological polar surface area (TPSA) is 91.5 Å². The number of carboxylic acids is 1. The summed E-state index contributed by atoms with van der Waals surface area (Å²) in [7, 11) is 5.74. The molecule has 0 amide bonds. The Morgan fingerprint density at radius 1 is 1.00 bits per heavy atom. The molecule has 9 nitrogen and oxygen atoms in total. The summed E-state index contributed by atoms with van der Waals surface area (Å²) < 4.78 is 18.0. The number of fused-ring (bicyclic) bond motifs is 1. The molecule has 43 heavy (non-hydrogen) atoms. The number of hydrogen-bond donors (Lipinski definition) is 1. The number of likely N-dealkylation sites (N-methyl/N-ethyl adjacent to an activating group) is 1. The fraction of sp³-hybridized carbons (Fsp3) is 0.412. The first-order chi connectivity index (χ1) is 20.7. The number of aliphatic carboxylic acids is 1. The van der Waals surface area contributed by atoms with Crippen molar-refractivity contribution in [3.63, 3.8) is 0 Å². The number of rotatable bonds is 12. The lowest BCUT2D eigenvalue weighted by molar-refractivity contribution is -0.138. The summed E-state index contributed by atoms with van der Waals surface area (Å²) in [6, 6.07) is 16.4. The first-order valence-electron chi connectivity index (χ1n) is 14.8. The molecule has 3 aromatic carbocycles. The minimum atomic E-state index is -0.856. The number of ether oxygens (including phenoxy) is 2. The zero-order valence-corrected chi connectivity index (χ0v) is 25.9. The van der Waals surface area contributed by atoms with E-state index in [0.29, 0.717) is 24.6 Å². The van der Waals surface area contributed by atoms with E-state index < -0.39 is 5.97 Å². The van der Waals surface area contributed by atoms with Gasteiger partial charge in [0.25, 0.3) is 0 Å². The van der Waals surface area contributed by atoms with Gasteiger partial charge < -0.3 is 23.9 Å². The molecule has 1 aliphatic heterocycles. The molecule has 0 unspecified atom stereocenters. The molecule has 0 spiro atoms. The molecule has 1 N–H and O–H groups in total. The van der Waals surface area contributed by atoms with Gasteiger partial charge in [0, 0.05) is 57.6 Å². The Balaban J connectivity index is 1.39. The molecule has 4 aromatic rings. The van der Waals surface area contributed by atoms with Gasteiger partial charge in [-0.15, -0.1) is 0 Å². The lowest BCUT2D eigenvalue weighted by Gasteiger charge is -2.26. The summed E-state index contributed by atoms with van der Waals surface area (Å²) >= 11 is 0. The minimum Gasteiger partial charge on any atom is -0.493 e. The van der Waals surface area contributed by atoms with Crippen molar-refractivity contribution < 1.29 is 23.8 Å². The van der Waals surface area contributed by atoms with E-state index in [0.717, 1.165) is 89.6 Å². The van der Waals surface area contributed by atoms with Gasteiger partial charge in [0.1, 0.15) is 11.3 Å². The lowest BCUT2D eigenvalue weighted by Crippen LogP contribution is -2.37. The van der Waals surface area contributed by atoms with E-state index in [2.05, 4.69) is 36.9 Å². The molecule has 0 atom stereocenters. The van der Waals surface area contributed by atoms with Gasteiger partial charge in [-0.2, -0.15) is 0 Å². The number of carboxylic acid groups (broad SMARTS) is 1. The van der Waals surface area contributed by atoms with Crippen LogP contribution in [0.4, 0.5) is 5.69 Å². The number of carbonyl (C=O) groups is 1. The molecule has 0 bridgehead atoms. The molecular formula is C34H42N4O5. The van der Waals surface area contributed by atoms with Gasteiger partial charge in [0.2, 0.25) is 5.89 Å². The molecule has 0 aliphatic carbocycles. The van der Waals surface area contributed by atoms with Gasteiger partial charge in [-0.25, -0.2) is 4.98 Å². The van der Waals surface area contributed by atoms with Crippen molar-refractivity contribution in [3.05, 3.63) is 65.2 Å². The highest BCUT2D eigenvalue weighted by atomic mass is 16.5. The molecule has 1 saturated heterocycles. The second-order valence-electron chi connectivity index (χ2n) is 11.5. The highest BCUT2D eigenvalue weighted by molar-refractivity contribution is 5.84. The summed E-state index contributed by atoms with van der Waals surface area (Å²) in [6.45, 7) is 9.97. The average molecular weight is 587 g/mol. The van der Waals surface area contributed by atoms with Crippen molar-refractivity contribution in [2.75, 3.05) is 72.0 Å². The summed E-state index contributed by atoms with van der Waals surface area (Å²) in [4.78, 5) is 22.3. The molecule has 228 valence electrons. The number of nitrogens with zero attached hydrogens (tertiary/aromatic N) is 4. The first-order valence-corrected chi connectivity index (χ1v) is 14.8. The van der Waals surface area contributed by atoms with Crippen LogP contribution in [0.2, 0.25) is 0 Å². The Kier molecular flexibility index (Phi) is 9.65. The van der Waals surface area contributed by atoms with Crippen LogP contribution < -0.4 is 9.64 Å². The zero-order valence-electron chi connectivity index (χ0n) is 25.9. The van der Waals surface area contributed by atoms with Crippen molar-refractivity contribution in [1.29, 1.82) is 0 Å². The zero-order chi connectivity index (χ0) is 30.5. The fourth-order valence-electron chi connectivity index (χ4n) is 5.76. The molecule has 1 fully saturated rings. The van der Waals surface area contributed by atoms with Crippen LogP contribution in [0.15, 0.2) is 52.9 Å². The van der Waals surface area contributed by atoms with E-state index in [-0.39, 0.29) is 6.54 Å². The average Bonchev–Trinajstić information content (AvgIpc) is 3.39. The third kappa shape index (κ3) is 7.18. The fourth-order valence-corrected chi connectivity index (χ4v) is 5.76. The lowest BCUT2D eigenvalue weighted by atomic mass is 9.93. The summed E-state index contributed by atoms with van der Waals surface area (Å²) in [5.74, 6) is 0.608. The van der Waals surface area contributed by atoms with Crippen LogP contribution in [0.25, 0.3) is 33.7 Å². The summed E-state index contributed by atoms with van der Waals surface area (Å²) in [5.41, 5.74) is 8.75. The number of hydrogen-bond acceptors (Lipinski definition) is 8. The molecule has 0 radical (unpaired) electrons. The predicted molar refractivity (Wildman–Crippen MR) is 170 cm³/mol. The molecule has 5 rings (SSSR count). The third-order valence-electron chi connectivity index (χ3n) is 8.03. The van der Waals surface area contributed by atoms with E-state index in [4.69, 9.17) is 18.9 Å². The van der Waals surface area contributed by atoms with E-state index in [1.54, 1.807) is 11.9 Å². The second kappa shape index (κ2) is 13.6. The standard InChI is InChI=1S/C34H42N4O5/c1-23-26(27-10-7-12-31(24(27)2)42-16-8-13-38-14-17-41-18-15-38)9-6-11-28(23)34-35-29-19-25(21-37(5)22-33(39)40)30(36(3)4)20-32(29)43-34/h6-7,9-12,19-20H,8,13-18,21-22H2,1-5H3,(H,39,40). The maximum atomic E-state index is 11.2. The van der Waals surface area contributed by atoms with E-state index >= 15 is 0 Å². The van der Waals surface area contributed by atoms with Crippen LogP contribution in [0.5, 0.6) is 5.75 Å². The van der Waals surface area contributed by atoms with Crippen LogP contribution in [0, 0.1) is 13.8 Å². The Morgan fingerprint density at radius 2 is 1.70 bits per heavy atom. The minimum absolute atomic E-state index is 0.0406. The van der Waals surface area contributed by atoms with Gasteiger partial charge in [-0.1, -0.05) is 24.3 Å². The smallest absolute Gasteiger partial charge is 0.317 e. The molecule has 2 heterocycles. The highest BCUT2D eigenvalue weighted by Gasteiger charge is 2.19. The number of anilines is 1. The largest absolute Gasteiger partial charge is 0.493 e. The van der Waals surface area contributed by atoms with Gasteiger partial charge in [0.05, 0.1) is 26.4 Å². The van der Waals surface area contributed by atoms with Gasteiger partial charge >= 0.3 is 5.97 Å². The predicted octanol–water partition coefficient (Wildman–Crippen LogP) is 5.46. The van der Waals surface area contributed by atoms with Gasteiger partial charge in [-0.05, 0) is 73.3 Å². The van der Waals surface area contributed by atoms with Crippen LogP contribution in [0.1, 0.15) is 23.1 Å². The Bertz CT molecular complexity index is 1570. The molecule has 1 aliphatic rings. The normalized spacial score (nSPS) is 14.0. The maximum absolute atomic E-state index is 11.2. The Labute approximate surface area is 253 Å². The molecule has 9 heteroatoms. The molecule has 1 aromatic heterocycles. The van der Waals surface area contributed by atoms with E-state index in [1.807, 2.05) is 49.3 Å². The van der Waals surface area contributed by atoms with Crippen LogP contribution in [-0.2, 0) is 16.1 Å². The summed E-state index contributed by atoms with van der Waals surface area (Å²) in [6.07, 6.45) is 0.975. The van der Waals surface area contributed by atoms with Crippen LogP contribution >= 0.6 is 0 Å². The molecule has 0 saturated carbocycles. The number of morpholine rings is 1. The number of oxazole rings is 1. The number of benzene rings is 3. The third-order valence-corrected chi connectivity index (χ3v) is 8.03. The number of aromatic nitrogens is 1. The summed E-state index contributed by atoms with van der Waals surface area (Å²) in [5, 5.41) is 9.21. The van der Waals surface area contributed by atoms with Crippen molar-refractivity contribution >= 4 is 22.8 Å². The quantitative estimate of drug-likeness (QED) is 0.217. The van der Waals surface area contributed by atoms with Gasteiger partial charge in [0.15, 0.2) is 5.58 Å². The highest BCUT2D eigenvalue weighted by Crippen LogP contribution is 2.37. The van der Waals surface area contributed by atoms with Crippen molar-refractivity contribution in [2.24, 2.45) is 0 Å². The second-order valence-corrected chi connectivity index (χ2v) is 11.5.